The lowest BCUT2D eigenvalue weighted by Crippen LogP contribution is -2.38. The SMILES string of the molecule is CC(C)CCNCCN(C)C(C)C(C)C. The minimum absolute atomic E-state index is 0.678. The van der Waals surface area contributed by atoms with Crippen molar-refractivity contribution in [3.05, 3.63) is 0 Å². The molecule has 1 unspecified atom stereocenters. The van der Waals surface area contributed by atoms with E-state index in [4.69, 9.17) is 0 Å². The summed E-state index contributed by atoms with van der Waals surface area (Å²) in [4.78, 5) is 2.44. The maximum Gasteiger partial charge on any atom is 0.0107 e. The van der Waals surface area contributed by atoms with Crippen LogP contribution in [0.2, 0.25) is 0 Å². The maximum atomic E-state index is 3.50. The van der Waals surface area contributed by atoms with Crippen molar-refractivity contribution in [1.29, 1.82) is 0 Å². The molecule has 2 nitrogen and oxygen atoms in total. The van der Waals surface area contributed by atoms with E-state index < -0.39 is 0 Å². The normalized spacial score (nSPS) is 14.2. The standard InChI is InChI=1S/C13H30N2/c1-11(2)7-8-14-9-10-15(6)13(5)12(3)4/h11-14H,7-10H2,1-6H3. The first-order valence-corrected chi connectivity index (χ1v) is 6.36. The fourth-order valence-electron chi connectivity index (χ4n) is 1.48. The molecule has 0 fully saturated rings. The molecule has 0 bridgehead atoms. The van der Waals surface area contributed by atoms with Crippen LogP contribution in [0, 0.1) is 11.8 Å². The fourth-order valence-corrected chi connectivity index (χ4v) is 1.48. The third kappa shape index (κ3) is 7.80. The van der Waals surface area contributed by atoms with Gasteiger partial charge in [-0.15, -0.1) is 0 Å². The highest BCUT2D eigenvalue weighted by Gasteiger charge is 2.11. The first-order valence-electron chi connectivity index (χ1n) is 6.36. The summed E-state index contributed by atoms with van der Waals surface area (Å²) in [6.45, 7) is 14.8. The van der Waals surface area contributed by atoms with Gasteiger partial charge < -0.3 is 10.2 Å². The fraction of sp³-hybridized carbons (Fsp3) is 1.00. The van der Waals surface area contributed by atoms with E-state index >= 15 is 0 Å². The van der Waals surface area contributed by atoms with E-state index in [0.29, 0.717) is 6.04 Å². The van der Waals surface area contributed by atoms with Gasteiger partial charge in [-0.25, -0.2) is 0 Å². The molecule has 0 aliphatic heterocycles. The molecule has 0 aromatic rings. The molecule has 1 atom stereocenters. The van der Waals surface area contributed by atoms with Gasteiger partial charge in [-0.2, -0.15) is 0 Å². The molecule has 0 rings (SSSR count). The van der Waals surface area contributed by atoms with E-state index in [1.807, 2.05) is 0 Å². The average Bonchev–Trinajstić information content (AvgIpc) is 2.15. The van der Waals surface area contributed by atoms with Crippen LogP contribution in [0.3, 0.4) is 0 Å². The van der Waals surface area contributed by atoms with Gasteiger partial charge in [0.2, 0.25) is 0 Å². The van der Waals surface area contributed by atoms with Crippen molar-refractivity contribution in [2.75, 3.05) is 26.7 Å². The van der Waals surface area contributed by atoms with Crippen LogP contribution in [0.4, 0.5) is 0 Å². The van der Waals surface area contributed by atoms with E-state index in [2.05, 4.69) is 51.9 Å². The molecule has 0 spiro atoms. The third-order valence-electron chi connectivity index (χ3n) is 3.20. The summed E-state index contributed by atoms with van der Waals surface area (Å²) in [5.41, 5.74) is 0. The Kier molecular flexibility index (Phi) is 8.07. The van der Waals surface area contributed by atoms with E-state index in [9.17, 15) is 0 Å². The molecule has 0 saturated heterocycles. The lowest BCUT2D eigenvalue weighted by Gasteiger charge is -2.27. The Bertz CT molecular complexity index is 143. The summed E-state index contributed by atoms with van der Waals surface area (Å²) >= 11 is 0. The highest BCUT2D eigenvalue weighted by molar-refractivity contribution is 4.67. The number of nitrogens with one attached hydrogen (secondary N) is 1. The largest absolute Gasteiger partial charge is 0.315 e. The Morgan fingerprint density at radius 3 is 2.07 bits per heavy atom. The molecular formula is C13H30N2. The molecule has 0 aliphatic rings. The number of likely N-dealkylation sites (N-methyl/N-ethyl adjacent to an activating group) is 1. The van der Waals surface area contributed by atoms with Gasteiger partial charge in [-0.05, 0) is 38.8 Å². The Morgan fingerprint density at radius 1 is 1.00 bits per heavy atom. The molecule has 92 valence electrons. The van der Waals surface area contributed by atoms with E-state index in [0.717, 1.165) is 31.5 Å². The molecule has 0 aliphatic carbocycles. The predicted molar refractivity (Wildman–Crippen MR) is 69.3 cm³/mol. The number of hydrogen-bond acceptors (Lipinski definition) is 2. The van der Waals surface area contributed by atoms with Crippen molar-refractivity contribution in [2.45, 2.75) is 47.1 Å². The van der Waals surface area contributed by atoms with Gasteiger partial charge in [0.25, 0.3) is 0 Å². The zero-order chi connectivity index (χ0) is 11.8. The molecule has 0 amide bonds. The van der Waals surface area contributed by atoms with Crippen LogP contribution in [0.1, 0.15) is 41.0 Å². The average molecular weight is 214 g/mol. The Hall–Kier alpha value is -0.0800. The van der Waals surface area contributed by atoms with Crippen LogP contribution in [-0.2, 0) is 0 Å². The monoisotopic (exact) mass is 214 g/mol. The van der Waals surface area contributed by atoms with Crippen LogP contribution < -0.4 is 5.32 Å². The molecule has 15 heavy (non-hydrogen) atoms. The first-order chi connectivity index (χ1) is 6.95. The molecule has 0 aromatic carbocycles. The first kappa shape index (κ1) is 14.9. The second-order valence-corrected chi connectivity index (χ2v) is 5.40. The van der Waals surface area contributed by atoms with Gasteiger partial charge in [0.1, 0.15) is 0 Å². The number of hydrogen-bond donors (Lipinski definition) is 1. The van der Waals surface area contributed by atoms with Gasteiger partial charge in [0, 0.05) is 19.1 Å². The number of rotatable bonds is 8. The Balaban J connectivity index is 3.42. The summed E-state index contributed by atoms with van der Waals surface area (Å²) < 4.78 is 0. The van der Waals surface area contributed by atoms with Crippen LogP contribution in [-0.4, -0.2) is 37.6 Å². The minimum atomic E-state index is 0.678. The zero-order valence-electron chi connectivity index (χ0n) is 11.5. The smallest absolute Gasteiger partial charge is 0.0107 e. The second kappa shape index (κ2) is 8.12. The molecule has 0 aromatic heterocycles. The molecular weight excluding hydrogens is 184 g/mol. The summed E-state index contributed by atoms with van der Waals surface area (Å²) in [6.07, 6.45) is 1.28. The van der Waals surface area contributed by atoms with Crippen molar-refractivity contribution in [3.8, 4) is 0 Å². The highest BCUT2D eigenvalue weighted by atomic mass is 15.1. The van der Waals surface area contributed by atoms with E-state index in [1.165, 1.54) is 6.42 Å². The molecule has 0 radical (unpaired) electrons. The minimum Gasteiger partial charge on any atom is -0.315 e. The lowest BCUT2D eigenvalue weighted by atomic mass is 10.1. The van der Waals surface area contributed by atoms with Crippen molar-refractivity contribution < 1.29 is 0 Å². The molecule has 0 heterocycles. The van der Waals surface area contributed by atoms with E-state index in [1.54, 1.807) is 0 Å². The van der Waals surface area contributed by atoms with E-state index in [-0.39, 0.29) is 0 Å². The van der Waals surface area contributed by atoms with Crippen molar-refractivity contribution >= 4 is 0 Å². The predicted octanol–water partition coefficient (Wildman–Crippen LogP) is 2.60. The molecule has 1 N–H and O–H groups in total. The lowest BCUT2D eigenvalue weighted by molar-refractivity contribution is 0.208. The van der Waals surface area contributed by atoms with Gasteiger partial charge in [0.15, 0.2) is 0 Å². The van der Waals surface area contributed by atoms with Crippen molar-refractivity contribution in [3.63, 3.8) is 0 Å². The second-order valence-electron chi connectivity index (χ2n) is 5.40. The summed E-state index contributed by atoms with van der Waals surface area (Å²) in [6, 6.07) is 0.678. The van der Waals surface area contributed by atoms with Crippen LogP contribution >= 0.6 is 0 Å². The Labute approximate surface area is 96.4 Å². The van der Waals surface area contributed by atoms with Gasteiger partial charge in [-0.3, -0.25) is 0 Å². The maximum absolute atomic E-state index is 3.50. The van der Waals surface area contributed by atoms with Crippen molar-refractivity contribution in [1.82, 2.24) is 10.2 Å². The Morgan fingerprint density at radius 2 is 1.60 bits per heavy atom. The van der Waals surface area contributed by atoms with Gasteiger partial charge in [0.05, 0.1) is 0 Å². The topological polar surface area (TPSA) is 15.3 Å². The highest BCUT2D eigenvalue weighted by Crippen LogP contribution is 2.06. The van der Waals surface area contributed by atoms with Crippen molar-refractivity contribution in [2.24, 2.45) is 11.8 Å². The van der Waals surface area contributed by atoms with Crippen LogP contribution in [0.15, 0.2) is 0 Å². The molecule has 0 saturated carbocycles. The third-order valence-corrected chi connectivity index (χ3v) is 3.20. The molecule has 2 heteroatoms. The summed E-state index contributed by atoms with van der Waals surface area (Å²) in [7, 11) is 2.22. The van der Waals surface area contributed by atoms with Gasteiger partial charge in [-0.1, -0.05) is 27.7 Å². The summed E-state index contributed by atoms with van der Waals surface area (Å²) in [5.74, 6) is 1.55. The van der Waals surface area contributed by atoms with Gasteiger partial charge >= 0.3 is 0 Å². The zero-order valence-corrected chi connectivity index (χ0v) is 11.5. The number of nitrogens with zero attached hydrogens (tertiary/aromatic N) is 1. The van der Waals surface area contributed by atoms with Crippen LogP contribution in [0.5, 0.6) is 0 Å². The quantitative estimate of drug-likeness (QED) is 0.625. The summed E-state index contributed by atoms with van der Waals surface area (Å²) in [5, 5.41) is 3.50. The van der Waals surface area contributed by atoms with Crippen LogP contribution in [0.25, 0.3) is 0 Å².